The van der Waals surface area contributed by atoms with Gasteiger partial charge in [0, 0.05) is 18.1 Å². The second kappa shape index (κ2) is 8.52. The van der Waals surface area contributed by atoms with Gasteiger partial charge in [0.25, 0.3) is 11.8 Å². The van der Waals surface area contributed by atoms with E-state index >= 15 is 0 Å². The van der Waals surface area contributed by atoms with Crippen LogP contribution in [-0.2, 0) is 6.18 Å². The van der Waals surface area contributed by atoms with Gasteiger partial charge < -0.3 is 10.7 Å². The molecular formula is C25H16ClF3N4O2. The number of hydrazine groups is 1. The van der Waals surface area contributed by atoms with Crippen molar-refractivity contribution in [3.8, 4) is 0 Å². The van der Waals surface area contributed by atoms with E-state index in [4.69, 9.17) is 11.6 Å². The van der Waals surface area contributed by atoms with Crippen LogP contribution in [0.2, 0.25) is 5.02 Å². The highest BCUT2D eigenvalue weighted by molar-refractivity contribution is 6.35. The molecule has 0 atom stereocenters. The molecule has 2 amide bonds. The van der Waals surface area contributed by atoms with Crippen LogP contribution in [-0.4, -0.2) is 11.8 Å². The highest BCUT2D eigenvalue weighted by Gasteiger charge is 2.35. The molecule has 0 aliphatic carbocycles. The summed E-state index contributed by atoms with van der Waals surface area (Å²) < 4.78 is 39.8. The first-order valence-electron chi connectivity index (χ1n) is 10.4. The molecule has 5 rings (SSSR count). The number of rotatable bonds is 3. The van der Waals surface area contributed by atoms with Crippen LogP contribution in [0, 0.1) is 0 Å². The van der Waals surface area contributed by atoms with Crippen LogP contribution >= 0.6 is 11.6 Å². The van der Waals surface area contributed by atoms with E-state index in [2.05, 4.69) is 10.7 Å². The van der Waals surface area contributed by atoms with Gasteiger partial charge in [-0.3, -0.25) is 19.5 Å². The maximum absolute atomic E-state index is 13.4. The summed E-state index contributed by atoms with van der Waals surface area (Å²) >= 11 is 6.38. The highest BCUT2D eigenvalue weighted by Crippen LogP contribution is 2.38. The summed E-state index contributed by atoms with van der Waals surface area (Å²) in [7, 11) is 0. The number of amides is 2. The van der Waals surface area contributed by atoms with Gasteiger partial charge in [-0.25, -0.2) is 0 Å². The van der Waals surface area contributed by atoms with Crippen LogP contribution in [0.25, 0.3) is 0 Å². The number of fused-ring (bicyclic) bond motifs is 3. The first-order valence-corrected chi connectivity index (χ1v) is 10.8. The Kier molecular flexibility index (Phi) is 5.49. The minimum Gasteiger partial charge on any atom is -0.322 e. The lowest BCUT2D eigenvalue weighted by Crippen LogP contribution is -2.37. The van der Waals surface area contributed by atoms with E-state index < -0.39 is 29.1 Å². The third-order valence-corrected chi connectivity index (χ3v) is 5.83. The number of benzene rings is 3. The topological polar surface area (TPSA) is 64.7 Å². The van der Waals surface area contributed by atoms with E-state index in [0.29, 0.717) is 5.69 Å². The third-order valence-electron chi connectivity index (χ3n) is 5.51. The summed E-state index contributed by atoms with van der Waals surface area (Å²) in [6.07, 6.45) is 0.551. The number of nitrogens with one attached hydrogen (secondary N) is 2. The minimum absolute atomic E-state index is 0.0373. The fraction of sp³-hybridized carbons (Fsp3) is 0.0400. The number of anilines is 3. The molecule has 0 saturated carbocycles. The van der Waals surface area contributed by atoms with E-state index in [9.17, 15) is 22.8 Å². The Morgan fingerprint density at radius 2 is 1.63 bits per heavy atom. The molecule has 3 aromatic carbocycles. The summed E-state index contributed by atoms with van der Waals surface area (Å²) in [6.45, 7) is 0. The molecule has 0 radical (unpaired) electrons. The number of allylic oxidation sites excluding steroid dienone is 1. The number of carbonyl (C=O) groups excluding carboxylic acids is 2. The van der Waals surface area contributed by atoms with Crippen LogP contribution < -0.4 is 20.7 Å². The first-order chi connectivity index (χ1) is 16.7. The number of halogens is 4. The predicted octanol–water partition coefficient (Wildman–Crippen LogP) is 5.95. The first kappa shape index (κ1) is 22.5. The summed E-state index contributed by atoms with van der Waals surface area (Å²) in [4.78, 5) is 27.4. The Bertz CT molecular complexity index is 1420. The minimum atomic E-state index is -4.68. The lowest BCUT2D eigenvalue weighted by molar-refractivity contribution is -0.137. The Morgan fingerprint density at radius 3 is 2.37 bits per heavy atom. The Morgan fingerprint density at radius 1 is 0.914 bits per heavy atom. The third kappa shape index (κ3) is 4.10. The fourth-order valence-corrected chi connectivity index (χ4v) is 4.17. The van der Waals surface area contributed by atoms with E-state index in [1.165, 1.54) is 35.2 Å². The Balaban J connectivity index is 1.42. The van der Waals surface area contributed by atoms with Crippen molar-refractivity contribution in [2.75, 3.05) is 15.2 Å². The highest BCUT2D eigenvalue weighted by atomic mass is 35.5. The van der Waals surface area contributed by atoms with Crippen molar-refractivity contribution in [3.63, 3.8) is 0 Å². The number of alkyl halides is 3. The number of nitrogens with zero attached hydrogens (tertiary/aromatic N) is 2. The average Bonchev–Trinajstić information content (AvgIpc) is 3.32. The maximum atomic E-state index is 13.4. The van der Waals surface area contributed by atoms with Gasteiger partial charge in [-0.2, -0.15) is 13.2 Å². The van der Waals surface area contributed by atoms with Crippen LogP contribution in [0.3, 0.4) is 0 Å². The van der Waals surface area contributed by atoms with Crippen molar-refractivity contribution in [2.45, 2.75) is 6.18 Å². The zero-order chi connectivity index (χ0) is 24.7. The number of carbonyl (C=O) groups is 2. The van der Waals surface area contributed by atoms with Gasteiger partial charge in [0.15, 0.2) is 0 Å². The molecule has 176 valence electrons. The zero-order valence-electron chi connectivity index (χ0n) is 17.8. The van der Waals surface area contributed by atoms with Gasteiger partial charge in [-0.15, -0.1) is 0 Å². The van der Waals surface area contributed by atoms with Crippen molar-refractivity contribution in [1.29, 1.82) is 0 Å². The molecule has 0 aromatic heterocycles. The maximum Gasteiger partial charge on any atom is 0.417 e. The number of hydrogen-bond donors (Lipinski definition) is 2. The van der Waals surface area contributed by atoms with Gasteiger partial charge in [0.2, 0.25) is 0 Å². The molecule has 0 spiro atoms. The molecule has 2 heterocycles. The van der Waals surface area contributed by atoms with Crippen LogP contribution in [0.15, 0.2) is 90.9 Å². The molecule has 35 heavy (non-hydrogen) atoms. The summed E-state index contributed by atoms with van der Waals surface area (Å²) in [5.41, 5.74) is 3.99. The SMILES string of the molecule is O=C(Nc1ccc(C(=O)N2C=C3C=CNN3c3ccccc32)c(Cl)c1)c1ccccc1C(F)(F)F. The fourth-order valence-electron chi connectivity index (χ4n) is 3.91. The Labute approximate surface area is 202 Å². The van der Waals surface area contributed by atoms with E-state index in [1.54, 1.807) is 24.5 Å². The van der Waals surface area contributed by atoms with Crippen LogP contribution in [0.1, 0.15) is 26.3 Å². The van der Waals surface area contributed by atoms with Crippen LogP contribution in [0.5, 0.6) is 0 Å². The van der Waals surface area contributed by atoms with Gasteiger partial charge >= 0.3 is 6.18 Å². The quantitative estimate of drug-likeness (QED) is 0.470. The number of hydrogen-bond acceptors (Lipinski definition) is 4. The van der Waals surface area contributed by atoms with Crippen molar-refractivity contribution in [1.82, 2.24) is 5.43 Å². The smallest absolute Gasteiger partial charge is 0.322 e. The van der Waals surface area contributed by atoms with Gasteiger partial charge in [0.1, 0.15) is 0 Å². The van der Waals surface area contributed by atoms with E-state index in [-0.39, 0.29) is 16.3 Å². The zero-order valence-corrected chi connectivity index (χ0v) is 18.6. The van der Waals surface area contributed by atoms with Gasteiger partial charge in [-0.05, 0) is 48.5 Å². The standard InChI is InChI=1S/C25H16ClF3N4O2/c26-20-13-15(31-23(34)17-5-1-2-6-19(17)25(27,28)29)9-10-18(20)24(35)32-14-16-11-12-30-33(16)22-8-4-3-7-21(22)32/h1-14,30H,(H,31,34). The van der Waals surface area contributed by atoms with E-state index in [0.717, 1.165) is 23.5 Å². The molecule has 0 saturated heterocycles. The molecule has 0 fully saturated rings. The Hall–Kier alpha value is -4.24. The van der Waals surface area contributed by atoms with Crippen molar-refractivity contribution in [3.05, 3.63) is 113 Å². The normalized spacial score (nSPS) is 14.1. The van der Waals surface area contributed by atoms with Crippen molar-refractivity contribution >= 4 is 40.5 Å². The monoisotopic (exact) mass is 496 g/mol. The summed E-state index contributed by atoms with van der Waals surface area (Å²) in [6, 6.07) is 16.0. The van der Waals surface area contributed by atoms with Gasteiger partial charge in [0.05, 0.1) is 38.8 Å². The molecule has 2 aliphatic heterocycles. The van der Waals surface area contributed by atoms with E-state index in [1.807, 2.05) is 23.2 Å². The second-order valence-corrected chi connectivity index (χ2v) is 8.11. The summed E-state index contributed by atoms with van der Waals surface area (Å²) in [5, 5.41) is 4.29. The largest absolute Gasteiger partial charge is 0.417 e. The van der Waals surface area contributed by atoms with Crippen molar-refractivity contribution in [2.24, 2.45) is 0 Å². The molecule has 6 nitrogen and oxygen atoms in total. The molecule has 0 unspecified atom stereocenters. The molecule has 2 aliphatic rings. The lowest BCUT2D eigenvalue weighted by atomic mass is 10.1. The molecular weight excluding hydrogens is 481 g/mol. The lowest BCUT2D eigenvalue weighted by Gasteiger charge is -2.33. The molecule has 3 aromatic rings. The second-order valence-electron chi connectivity index (χ2n) is 7.71. The molecule has 10 heteroatoms. The van der Waals surface area contributed by atoms with Crippen molar-refractivity contribution < 1.29 is 22.8 Å². The summed E-state index contributed by atoms with van der Waals surface area (Å²) in [5.74, 6) is -1.35. The molecule has 2 N–H and O–H groups in total. The molecule has 0 bridgehead atoms. The number of para-hydroxylation sites is 2. The van der Waals surface area contributed by atoms with Gasteiger partial charge in [-0.1, -0.05) is 35.9 Å². The average molecular weight is 497 g/mol. The predicted molar refractivity (Wildman–Crippen MR) is 127 cm³/mol. The van der Waals surface area contributed by atoms with Crippen LogP contribution in [0.4, 0.5) is 30.2 Å².